The minimum absolute atomic E-state index is 0.00137. The van der Waals surface area contributed by atoms with Gasteiger partial charge >= 0.3 is 0 Å². The molecule has 0 saturated carbocycles. The average Bonchev–Trinajstić information content (AvgIpc) is 3.46. The van der Waals surface area contributed by atoms with Gasteiger partial charge in [0.05, 0.1) is 17.5 Å². The zero-order chi connectivity index (χ0) is 26.5. The highest BCUT2D eigenvalue weighted by atomic mass is 32.2. The molecule has 1 amide bonds. The van der Waals surface area contributed by atoms with Crippen molar-refractivity contribution in [2.75, 3.05) is 25.4 Å². The number of piperazine rings is 1. The number of hydrogen-bond acceptors (Lipinski definition) is 8. The normalized spacial score (nSPS) is 21.1. The molecule has 0 bridgehead atoms. The Balaban J connectivity index is 1.42. The lowest BCUT2D eigenvalue weighted by atomic mass is 10.1. The van der Waals surface area contributed by atoms with Gasteiger partial charge in [0.1, 0.15) is 5.03 Å². The summed E-state index contributed by atoms with van der Waals surface area (Å²) in [5, 5.41) is 9.51. The summed E-state index contributed by atoms with van der Waals surface area (Å²) in [7, 11) is -8.04. The molecule has 2 aromatic heterocycles. The molecule has 37 heavy (non-hydrogen) atoms. The molecule has 4 heterocycles. The summed E-state index contributed by atoms with van der Waals surface area (Å²) in [5.41, 5.74) is 2.07. The number of aromatic amines is 1. The molecule has 1 aromatic carbocycles. The van der Waals surface area contributed by atoms with Gasteiger partial charge in [-0.3, -0.25) is 4.79 Å². The van der Waals surface area contributed by atoms with Crippen molar-refractivity contribution < 1.29 is 21.6 Å². The molecule has 1 saturated heterocycles. The van der Waals surface area contributed by atoms with E-state index in [1.54, 1.807) is 18.2 Å². The summed E-state index contributed by atoms with van der Waals surface area (Å²) >= 11 is 1.27. The number of nitrogens with zero attached hydrogens (tertiary/aromatic N) is 3. The standard InChI is InChI=1S/C23H26N6O5S3/c1-3-15-4-5-18-16(9-15)10-21(26-18)37(33,34)28-6-7-29(17(12-28)13-36(24,31)32)23(30)22-27-19-8-14(2)25-11-20(19)35-22/h1,4-5,9-10,14,17,25-26H,6-8,11-13H2,2H3,(H2,24,31,32). The SMILES string of the molecule is C#Cc1ccc2[nH]c(S(=O)(=O)N3CCN(C(=O)c4nc5c(s4)CNC(C)C5)C(CS(N)(=O)=O)C3)cc2c1. The van der Waals surface area contributed by atoms with Crippen molar-refractivity contribution in [1.29, 1.82) is 0 Å². The first kappa shape index (κ1) is 25.8. The lowest BCUT2D eigenvalue weighted by Gasteiger charge is -2.39. The predicted molar refractivity (Wildman–Crippen MR) is 140 cm³/mol. The molecule has 2 aliphatic rings. The van der Waals surface area contributed by atoms with E-state index in [1.165, 1.54) is 26.6 Å². The van der Waals surface area contributed by atoms with Gasteiger partial charge in [-0.25, -0.2) is 27.0 Å². The van der Waals surface area contributed by atoms with E-state index >= 15 is 0 Å². The number of aromatic nitrogens is 2. The highest BCUT2D eigenvalue weighted by molar-refractivity contribution is 7.89. The third kappa shape index (κ3) is 5.15. The number of benzene rings is 1. The molecule has 0 aliphatic carbocycles. The quantitative estimate of drug-likeness (QED) is 0.381. The van der Waals surface area contributed by atoms with Crippen molar-refractivity contribution in [3.63, 3.8) is 0 Å². The number of nitrogens with one attached hydrogen (secondary N) is 2. The highest BCUT2D eigenvalue weighted by Gasteiger charge is 2.40. The number of amides is 1. The smallest absolute Gasteiger partial charge is 0.283 e. The molecule has 0 radical (unpaired) electrons. The number of primary sulfonamides is 1. The third-order valence-corrected chi connectivity index (χ3v) is 10.3. The summed E-state index contributed by atoms with van der Waals surface area (Å²) < 4.78 is 52.2. The number of hydrogen-bond donors (Lipinski definition) is 3. The number of sulfonamides is 2. The van der Waals surface area contributed by atoms with Crippen LogP contribution < -0.4 is 10.5 Å². The fourth-order valence-electron chi connectivity index (χ4n) is 4.72. The van der Waals surface area contributed by atoms with Crippen molar-refractivity contribution in [3.05, 3.63) is 45.4 Å². The molecule has 2 unspecified atom stereocenters. The minimum atomic E-state index is -4.02. The molecule has 3 aromatic rings. The van der Waals surface area contributed by atoms with Gasteiger partial charge in [0.15, 0.2) is 5.01 Å². The number of fused-ring (bicyclic) bond motifs is 2. The van der Waals surface area contributed by atoms with E-state index < -0.39 is 37.7 Å². The molecule has 0 spiro atoms. The fourth-order valence-corrected chi connectivity index (χ4v) is 8.02. The maximum absolute atomic E-state index is 13.5. The predicted octanol–water partition coefficient (Wildman–Crippen LogP) is 0.444. The second kappa shape index (κ2) is 9.50. The Bertz CT molecular complexity index is 1640. The summed E-state index contributed by atoms with van der Waals surface area (Å²) in [5.74, 6) is 1.51. The number of terminal acetylenes is 1. The molecule has 2 atom stereocenters. The largest absolute Gasteiger partial charge is 0.345 e. The Morgan fingerprint density at radius 1 is 1.27 bits per heavy atom. The van der Waals surface area contributed by atoms with Gasteiger partial charge < -0.3 is 15.2 Å². The first-order chi connectivity index (χ1) is 17.4. The van der Waals surface area contributed by atoms with Crippen LogP contribution in [0.25, 0.3) is 10.9 Å². The van der Waals surface area contributed by atoms with Crippen LogP contribution in [0.4, 0.5) is 0 Å². The van der Waals surface area contributed by atoms with E-state index in [2.05, 4.69) is 21.2 Å². The van der Waals surface area contributed by atoms with Crippen LogP contribution >= 0.6 is 11.3 Å². The van der Waals surface area contributed by atoms with Crippen LogP contribution in [-0.4, -0.2) is 79.4 Å². The van der Waals surface area contributed by atoms with Crippen molar-refractivity contribution in [1.82, 2.24) is 24.5 Å². The molecule has 1 fully saturated rings. The van der Waals surface area contributed by atoms with Gasteiger partial charge in [0.25, 0.3) is 15.9 Å². The van der Waals surface area contributed by atoms with Crippen LogP contribution in [0.2, 0.25) is 0 Å². The van der Waals surface area contributed by atoms with Crippen molar-refractivity contribution in [3.8, 4) is 12.3 Å². The number of nitrogens with two attached hydrogens (primary N) is 1. The van der Waals surface area contributed by atoms with E-state index in [0.717, 1.165) is 10.6 Å². The van der Waals surface area contributed by atoms with E-state index in [4.69, 9.17) is 11.6 Å². The molecular weight excluding hydrogens is 536 g/mol. The summed E-state index contributed by atoms with van der Waals surface area (Å²) in [4.78, 5) is 23.2. The zero-order valence-electron chi connectivity index (χ0n) is 20.0. The van der Waals surface area contributed by atoms with Crippen LogP contribution in [0.1, 0.15) is 32.9 Å². The van der Waals surface area contributed by atoms with Crippen molar-refractivity contribution in [2.45, 2.75) is 37.0 Å². The van der Waals surface area contributed by atoms with Crippen molar-refractivity contribution >= 4 is 48.2 Å². The monoisotopic (exact) mass is 562 g/mol. The molecular formula is C23H26N6O5S3. The Hall–Kier alpha value is -2.80. The van der Waals surface area contributed by atoms with Gasteiger partial charge in [-0.1, -0.05) is 5.92 Å². The van der Waals surface area contributed by atoms with Crippen LogP contribution in [0.15, 0.2) is 29.3 Å². The number of H-pyrrole nitrogens is 1. The van der Waals surface area contributed by atoms with Gasteiger partial charge in [0, 0.05) is 60.0 Å². The summed E-state index contributed by atoms with van der Waals surface area (Å²) in [6, 6.07) is 5.87. The Kier molecular flexibility index (Phi) is 6.63. The van der Waals surface area contributed by atoms with E-state index in [0.29, 0.717) is 29.4 Å². The van der Waals surface area contributed by atoms with Gasteiger partial charge in [-0.05, 0) is 31.2 Å². The van der Waals surface area contributed by atoms with Crippen LogP contribution in [0.5, 0.6) is 0 Å². The number of rotatable bonds is 5. The number of thiazole rings is 1. The average molecular weight is 563 g/mol. The fraction of sp³-hybridized carbons (Fsp3) is 0.391. The van der Waals surface area contributed by atoms with E-state index in [9.17, 15) is 21.6 Å². The molecule has 14 heteroatoms. The van der Waals surface area contributed by atoms with E-state index in [-0.39, 0.29) is 35.7 Å². The maximum atomic E-state index is 13.5. The Morgan fingerprint density at radius 2 is 2.05 bits per heavy atom. The molecule has 196 valence electrons. The minimum Gasteiger partial charge on any atom is -0.345 e. The third-order valence-electron chi connectivity index (χ3n) is 6.58. The summed E-state index contributed by atoms with van der Waals surface area (Å²) in [6.45, 7) is 2.41. The topological polar surface area (TPSA) is 159 Å². The lowest BCUT2D eigenvalue weighted by Crippen LogP contribution is -2.59. The van der Waals surface area contributed by atoms with Gasteiger partial charge in [-0.15, -0.1) is 17.8 Å². The number of carbonyl (C=O) groups is 1. The van der Waals surface area contributed by atoms with Crippen LogP contribution in [0.3, 0.4) is 0 Å². The molecule has 4 N–H and O–H groups in total. The van der Waals surface area contributed by atoms with Crippen LogP contribution in [-0.2, 0) is 33.0 Å². The van der Waals surface area contributed by atoms with Crippen LogP contribution in [0, 0.1) is 12.3 Å². The second-order valence-corrected chi connectivity index (χ2v) is 13.9. The highest BCUT2D eigenvalue weighted by Crippen LogP contribution is 2.28. The first-order valence-electron chi connectivity index (χ1n) is 11.6. The van der Waals surface area contributed by atoms with E-state index in [1.807, 2.05) is 6.92 Å². The molecule has 2 aliphatic heterocycles. The Morgan fingerprint density at radius 3 is 2.78 bits per heavy atom. The number of carbonyl (C=O) groups excluding carboxylic acids is 1. The molecule has 11 nitrogen and oxygen atoms in total. The second-order valence-electron chi connectivity index (χ2n) is 9.30. The zero-order valence-corrected chi connectivity index (χ0v) is 22.4. The summed E-state index contributed by atoms with van der Waals surface area (Å²) in [6.07, 6.45) is 6.14. The molecule has 5 rings (SSSR count). The first-order valence-corrected chi connectivity index (χ1v) is 15.5. The van der Waals surface area contributed by atoms with Gasteiger partial charge in [-0.2, -0.15) is 4.31 Å². The Labute approximate surface area is 219 Å². The maximum Gasteiger partial charge on any atom is 0.283 e. The lowest BCUT2D eigenvalue weighted by molar-refractivity contribution is 0.0595. The van der Waals surface area contributed by atoms with Gasteiger partial charge in [0.2, 0.25) is 10.0 Å². The van der Waals surface area contributed by atoms with Crippen molar-refractivity contribution in [2.24, 2.45) is 5.14 Å².